The molecular formula is C19H25FN2O2. The van der Waals surface area contributed by atoms with Gasteiger partial charge in [-0.15, -0.1) is 0 Å². The fraction of sp³-hybridized carbons (Fsp3) is 0.579. The molecule has 1 aromatic carbocycles. The van der Waals surface area contributed by atoms with Crippen LogP contribution in [0.1, 0.15) is 51.5 Å². The van der Waals surface area contributed by atoms with Crippen LogP contribution in [0.3, 0.4) is 0 Å². The number of carbonyl (C=O) groups is 2. The van der Waals surface area contributed by atoms with Crippen molar-refractivity contribution in [3.05, 3.63) is 35.6 Å². The lowest BCUT2D eigenvalue weighted by atomic mass is 9.61. The van der Waals surface area contributed by atoms with Gasteiger partial charge in [0.25, 0.3) is 0 Å². The van der Waals surface area contributed by atoms with Crippen LogP contribution in [0.5, 0.6) is 0 Å². The minimum absolute atomic E-state index is 0.0200. The second kappa shape index (κ2) is 6.54. The van der Waals surface area contributed by atoms with Gasteiger partial charge in [0.2, 0.25) is 11.8 Å². The number of hydrogen-bond acceptors (Lipinski definition) is 2. The minimum atomic E-state index is -0.491. The van der Waals surface area contributed by atoms with Crippen LogP contribution < -0.4 is 5.32 Å². The summed E-state index contributed by atoms with van der Waals surface area (Å²) >= 11 is 0. The molecule has 1 saturated heterocycles. The molecule has 1 spiro atoms. The van der Waals surface area contributed by atoms with Crippen molar-refractivity contribution in [1.29, 1.82) is 0 Å². The van der Waals surface area contributed by atoms with Crippen molar-refractivity contribution in [2.24, 2.45) is 5.41 Å². The SMILES string of the molecule is CC(C)N1C(=O)C2(CCCCC2)C1C(=O)NCc1ccc(F)cc1. The summed E-state index contributed by atoms with van der Waals surface area (Å²) in [6.07, 6.45) is 4.78. The number of nitrogens with one attached hydrogen (secondary N) is 1. The molecule has 2 fully saturated rings. The smallest absolute Gasteiger partial charge is 0.244 e. The zero-order chi connectivity index (χ0) is 17.3. The zero-order valence-electron chi connectivity index (χ0n) is 14.3. The number of benzene rings is 1. The molecular weight excluding hydrogens is 307 g/mol. The third-order valence-electron chi connectivity index (χ3n) is 5.39. The highest BCUT2D eigenvalue weighted by Crippen LogP contribution is 2.50. The van der Waals surface area contributed by atoms with Crippen LogP contribution in [0, 0.1) is 11.2 Å². The quantitative estimate of drug-likeness (QED) is 0.862. The van der Waals surface area contributed by atoms with Crippen molar-refractivity contribution in [2.45, 2.75) is 64.6 Å². The van der Waals surface area contributed by atoms with Gasteiger partial charge >= 0.3 is 0 Å². The monoisotopic (exact) mass is 332 g/mol. The number of likely N-dealkylation sites (tertiary alicyclic amines) is 1. The number of halogens is 1. The summed E-state index contributed by atoms with van der Waals surface area (Å²) in [5, 5.41) is 2.94. The minimum Gasteiger partial charge on any atom is -0.350 e. The zero-order valence-corrected chi connectivity index (χ0v) is 14.3. The van der Waals surface area contributed by atoms with Crippen molar-refractivity contribution in [3.63, 3.8) is 0 Å². The second-order valence-electron chi connectivity index (χ2n) is 7.27. The molecule has 130 valence electrons. The molecule has 1 aliphatic heterocycles. The Morgan fingerprint density at radius 3 is 2.46 bits per heavy atom. The molecule has 0 bridgehead atoms. The summed E-state index contributed by atoms with van der Waals surface area (Å²) in [6, 6.07) is 5.75. The third-order valence-corrected chi connectivity index (χ3v) is 5.39. The van der Waals surface area contributed by atoms with Crippen LogP contribution in [-0.2, 0) is 16.1 Å². The highest BCUT2D eigenvalue weighted by atomic mass is 19.1. The first-order valence-corrected chi connectivity index (χ1v) is 8.80. The molecule has 2 amide bonds. The van der Waals surface area contributed by atoms with E-state index in [9.17, 15) is 14.0 Å². The van der Waals surface area contributed by atoms with Gasteiger partial charge in [-0.3, -0.25) is 9.59 Å². The number of amides is 2. The van der Waals surface area contributed by atoms with Crippen LogP contribution >= 0.6 is 0 Å². The van der Waals surface area contributed by atoms with Crippen molar-refractivity contribution < 1.29 is 14.0 Å². The number of hydrogen-bond donors (Lipinski definition) is 1. The van der Waals surface area contributed by atoms with Crippen molar-refractivity contribution in [3.8, 4) is 0 Å². The maximum absolute atomic E-state index is 13.0. The van der Waals surface area contributed by atoms with Gasteiger partial charge < -0.3 is 10.2 Å². The Labute approximate surface area is 142 Å². The maximum atomic E-state index is 13.0. The Balaban J connectivity index is 1.72. The Morgan fingerprint density at radius 1 is 1.25 bits per heavy atom. The van der Waals surface area contributed by atoms with Crippen LogP contribution in [0.4, 0.5) is 4.39 Å². The highest BCUT2D eigenvalue weighted by molar-refractivity contribution is 6.02. The maximum Gasteiger partial charge on any atom is 0.244 e. The van der Waals surface area contributed by atoms with E-state index in [0.29, 0.717) is 6.54 Å². The lowest BCUT2D eigenvalue weighted by Crippen LogP contribution is -2.75. The summed E-state index contributed by atoms with van der Waals surface area (Å²) in [5.74, 6) is -0.240. The summed E-state index contributed by atoms with van der Waals surface area (Å²) in [6.45, 7) is 4.26. The van der Waals surface area contributed by atoms with Crippen molar-refractivity contribution >= 4 is 11.8 Å². The van der Waals surface area contributed by atoms with E-state index in [1.807, 2.05) is 13.8 Å². The van der Waals surface area contributed by atoms with E-state index in [-0.39, 0.29) is 29.7 Å². The van der Waals surface area contributed by atoms with Gasteiger partial charge in [0.1, 0.15) is 11.9 Å². The van der Waals surface area contributed by atoms with E-state index < -0.39 is 5.41 Å². The van der Waals surface area contributed by atoms with Crippen molar-refractivity contribution in [2.75, 3.05) is 0 Å². The Kier molecular flexibility index (Phi) is 4.61. The van der Waals surface area contributed by atoms with Gasteiger partial charge in [-0.2, -0.15) is 0 Å². The lowest BCUT2D eigenvalue weighted by Gasteiger charge is -2.58. The average Bonchev–Trinajstić information content (AvgIpc) is 2.58. The van der Waals surface area contributed by atoms with Crippen LogP contribution in [-0.4, -0.2) is 28.8 Å². The summed E-state index contributed by atoms with van der Waals surface area (Å²) in [4.78, 5) is 27.3. The Bertz CT molecular complexity index is 621. The normalized spacial score (nSPS) is 22.6. The number of nitrogens with zero attached hydrogens (tertiary/aromatic N) is 1. The van der Waals surface area contributed by atoms with Crippen molar-refractivity contribution in [1.82, 2.24) is 10.2 Å². The second-order valence-corrected chi connectivity index (χ2v) is 7.27. The summed E-state index contributed by atoms with van der Waals surface area (Å²) in [5.41, 5.74) is 0.360. The van der Waals surface area contributed by atoms with Gasteiger partial charge in [-0.1, -0.05) is 31.4 Å². The van der Waals surface area contributed by atoms with E-state index >= 15 is 0 Å². The van der Waals surface area contributed by atoms with E-state index in [1.54, 1.807) is 17.0 Å². The van der Waals surface area contributed by atoms with Gasteiger partial charge in [0.05, 0.1) is 5.41 Å². The predicted octanol–water partition coefficient (Wildman–Crippen LogP) is 3.01. The molecule has 1 unspecified atom stereocenters. The number of rotatable bonds is 4. The molecule has 1 aromatic rings. The molecule has 5 heteroatoms. The molecule has 1 N–H and O–H groups in total. The van der Waals surface area contributed by atoms with Crippen LogP contribution in [0.15, 0.2) is 24.3 Å². The van der Waals surface area contributed by atoms with E-state index in [2.05, 4.69) is 5.32 Å². The van der Waals surface area contributed by atoms with Gasteiger partial charge in [-0.05, 0) is 44.4 Å². The molecule has 0 radical (unpaired) electrons. The predicted molar refractivity (Wildman–Crippen MR) is 89.5 cm³/mol. The summed E-state index contributed by atoms with van der Waals surface area (Å²) < 4.78 is 13.0. The van der Waals surface area contributed by atoms with E-state index in [0.717, 1.165) is 37.7 Å². The highest BCUT2D eigenvalue weighted by Gasteiger charge is 2.63. The van der Waals surface area contributed by atoms with Gasteiger partial charge in [0.15, 0.2) is 0 Å². The molecule has 1 heterocycles. The molecule has 1 atom stereocenters. The summed E-state index contributed by atoms with van der Waals surface area (Å²) in [7, 11) is 0. The topological polar surface area (TPSA) is 49.4 Å². The van der Waals surface area contributed by atoms with E-state index in [4.69, 9.17) is 0 Å². The molecule has 0 aromatic heterocycles. The average molecular weight is 332 g/mol. The van der Waals surface area contributed by atoms with Gasteiger partial charge in [0, 0.05) is 12.6 Å². The van der Waals surface area contributed by atoms with Crippen LogP contribution in [0.2, 0.25) is 0 Å². The fourth-order valence-corrected chi connectivity index (χ4v) is 4.16. The molecule has 3 rings (SSSR count). The molecule has 1 aliphatic carbocycles. The largest absolute Gasteiger partial charge is 0.350 e. The lowest BCUT2D eigenvalue weighted by molar-refractivity contribution is -0.186. The number of carbonyl (C=O) groups excluding carboxylic acids is 2. The van der Waals surface area contributed by atoms with Crippen LogP contribution in [0.25, 0.3) is 0 Å². The molecule has 2 aliphatic rings. The first-order valence-electron chi connectivity index (χ1n) is 8.80. The first kappa shape index (κ1) is 16.9. The van der Waals surface area contributed by atoms with Gasteiger partial charge in [-0.25, -0.2) is 4.39 Å². The molecule has 1 saturated carbocycles. The Hall–Kier alpha value is -1.91. The Morgan fingerprint density at radius 2 is 1.88 bits per heavy atom. The molecule has 4 nitrogen and oxygen atoms in total. The first-order chi connectivity index (χ1) is 11.5. The fourth-order valence-electron chi connectivity index (χ4n) is 4.16. The standard InChI is InChI=1S/C19H25FN2O2/c1-13(2)22-16(19(18(22)24)10-4-3-5-11-19)17(23)21-12-14-6-8-15(20)9-7-14/h6-9,13,16H,3-5,10-12H2,1-2H3,(H,21,23). The van der Waals surface area contributed by atoms with E-state index in [1.165, 1.54) is 12.1 Å². The number of β-lactam (4-membered cyclic amide) rings is 1. The third kappa shape index (κ3) is 2.80. The molecule has 24 heavy (non-hydrogen) atoms.